The van der Waals surface area contributed by atoms with Crippen LogP contribution >= 0.6 is 0 Å². The molecule has 1 aromatic carbocycles. The van der Waals surface area contributed by atoms with Crippen molar-refractivity contribution in [3.63, 3.8) is 0 Å². The van der Waals surface area contributed by atoms with E-state index in [-0.39, 0.29) is 29.9 Å². The summed E-state index contributed by atoms with van der Waals surface area (Å²) in [5, 5.41) is 7.27. The monoisotopic (exact) mass is 435 g/mol. The van der Waals surface area contributed by atoms with Gasteiger partial charge in [-0.1, -0.05) is 50.1 Å². The average molecular weight is 436 g/mol. The number of carbonyl (C=O) groups is 1. The first-order chi connectivity index (χ1) is 16.4. The molecule has 32 heavy (non-hydrogen) atoms. The third-order valence-electron chi connectivity index (χ3n) is 5.22. The molecule has 0 atom stereocenters. The summed E-state index contributed by atoms with van der Waals surface area (Å²) in [6, 6.07) is 9.26. The Hall–Kier alpha value is -3.68. The van der Waals surface area contributed by atoms with Gasteiger partial charge in [0.15, 0.2) is 5.82 Å². The van der Waals surface area contributed by atoms with E-state index in [1.165, 1.54) is 12.4 Å². The number of rotatable bonds is 5. The highest BCUT2D eigenvalue weighted by molar-refractivity contribution is 6.00. The van der Waals surface area contributed by atoms with Crippen molar-refractivity contribution in [2.45, 2.75) is 52.4 Å². The van der Waals surface area contributed by atoms with E-state index in [4.69, 9.17) is 14.4 Å². The van der Waals surface area contributed by atoms with E-state index in [1.54, 1.807) is 13.8 Å². The molecule has 166 valence electrons. The van der Waals surface area contributed by atoms with Crippen LogP contribution < -0.4 is 11.1 Å². The Morgan fingerprint density at radius 3 is 2.72 bits per heavy atom. The van der Waals surface area contributed by atoms with Crippen LogP contribution in [0.4, 0.5) is 11.6 Å². The summed E-state index contributed by atoms with van der Waals surface area (Å²) in [6.45, 7) is 4.97. The van der Waals surface area contributed by atoms with E-state index in [0.717, 1.165) is 27.7 Å². The van der Waals surface area contributed by atoms with Crippen molar-refractivity contribution in [2.24, 2.45) is 0 Å². The number of nitrogen functional groups attached to an aromatic ring is 1. The van der Waals surface area contributed by atoms with Crippen LogP contribution in [0, 0.1) is 0 Å². The maximum absolute atomic E-state index is 12.6. The minimum atomic E-state index is -2.27. The molecule has 0 spiro atoms. The first-order valence-electron chi connectivity index (χ1n) is 11.9. The Balaban J connectivity index is 1.50. The molecule has 0 aliphatic rings. The largest absolute Gasteiger partial charge is 0.383 e. The zero-order valence-electron chi connectivity index (χ0n) is 21.5. The van der Waals surface area contributed by atoms with E-state index in [2.05, 4.69) is 38.9 Å². The highest BCUT2D eigenvalue weighted by Crippen LogP contribution is 2.34. The van der Waals surface area contributed by atoms with Crippen molar-refractivity contribution in [2.75, 3.05) is 11.1 Å². The molecule has 8 nitrogen and oxygen atoms in total. The zero-order valence-corrected chi connectivity index (χ0v) is 18.5. The molecule has 0 radical (unpaired) electrons. The van der Waals surface area contributed by atoms with Gasteiger partial charge in [-0.05, 0) is 25.0 Å². The maximum atomic E-state index is 12.6. The predicted molar refractivity (Wildman–Crippen MR) is 125 cm³/mol. The fourth-order valence-electron chi connectivity index (χ4n) is 3.52. The van der Waals surface area contributed by atoms with Crippen LogP contribution in [0.2, 0.25) is 0 Å². The van der Waals surface area contributed by atoms with Gasteiger partial charge in [0.2, 0.25) is 5.91 Å². The number of anilines is 2. The Morgan fingerprint density at radius 1 is 1.28 bits per heavy atom. The SMILES string of the molecule is [2H]C([2H])([2H])C(C)(C)c1cc(NC(=O)Cc2ccc(-c3cn(C(C)C)c4ncnc(N)c34)cc2)no1. The van der Waals surface area contributed by atoms with E-state index in [0.29, 0.717) is 5.82 Å². The second-order valence-corrected chi connectivity index (χ2v) is 8.62. The first-order valence-corrected chi connectivity index (χ1v) is 10.4. The summed E-state index contributed by atoms with van der Waals surface area (Å²) >= 11 is 0. The zero-order chi connectivity index (χ0) is 25.5. The van der Waals surface area contributed by atoms with Gasteiger partial charge in [0.05, 0.1) is 11.8 Å². The number of carbonyl (C=O) groups excluding carboxylic acids is 1. The smallest absolute Gasteiger partial charge is 0.230 e. The lowest BCUT2D eigenvalue weighted by Crippen LogP contribution is -2.14. The number of nitrogens with zero attached hydrogens (tertiary/aromatic N) is 4. The lowest BCUT2D eigenvalue weighted by atomic mass is 9.93. The summed E-state index contributed by atoms with van der Waals surface area (Å²) < 4.78 is 30.3. The van der Waals surface area contributed by atoms with Gasteiger partial charge >= 0.3 is 0 Å². The van der Waals surface area contributed by atoms with Crippen molar-refractivity contribution in [1.29, 1.82) is 0 Å². The normalized spacial score (nSPS) is 13.7. The minimum absolute atomic E-state index is 0.115. The number of hydrogen-bond acceptors (Lipinski definition) is 6. The van der Waals surface area contributed by atoms with Gasteiger partial charge in [-0.2, -0.15) is 0 Å². The number of fused-ring (bicyclic) bond motifs is 1. The molecule has 1 amide bonds. The summed E-state index contributed by atoms with van der Waals surface area (Å²) in [7, 11) is 0. The van der Waals surface area contributed by atoms with E-state index in [9.17, 15) is 4.79 Å². The van der Waals surface area contributed by atoms with Gasteiger partial charge in [0.25, 0.3) is 0 Å². The molecule has 0 saturated carbocycles. The standard InChI is InChI=1S/C24H28N6O2/c1-14(2)30-12-17(21-22(25)26-13-27-23(21)30)16-8-6-15(7-9-16)10-20(31)28-19-11-18(32-29-19)24(3,4)5/h6-9,11-14H,10H2,1-5H3,(H2,25,26,27)(H,28,29,31)/i3D3. The van der Waals surface area contributed by atoms with Gasteiger partial charge in [-0.25, -0.2) is 9.97 Å². The molecular weight excluding hydrogens is 404 g/mol. The van der Waals surface area contributed by atoms with Gasteiger partial charge in [-0.15, -0.1) is 0 Å². The summed E-state index contributed by atoms with van der Waals surface area (Å²) in [4.78, 5) is 21.1. The number of aromatic nitrogens is 4. The van der Waals surface area contributed by atoms with Crippen LogP contribution in [-0.4, -0.2) is 25.6 Å². The topological polar surface area (TPSA) is 112 Å². The lowest BCUT2D eigenvalue weighted by Gasteiger charge is -2.12. The summed E-state index contributed by atoms with van der Waals surface area (Å²) in [5.74, 6) is 0.483. The van der Waals surface area contributed by atoms with Crippen molar-refractivity contribution in [3.05, 3.63) is 54.2 Å². The Labute approximate surface area is 191 Å². The Bertz CT molecular complexity index is 1370. The van der Waals surface area contributed by atoms with Crippen LogP contribution in [0.3, 0.4) is 0 Å². The van der Waals surface area contributed by atoms with Crippen molar-refractivity contribution in [3.8, 4) is 11.1 Å². The highest BCUT2D eigenvalue weighted by Gasteiger charge is 2.20. The Morgan fingerprint density at radius 2 is 2.03 bits per heavy atom. The van der Waals surface area contributed by atoms with Crippen molar-refractivity contribution in [1.82, 2.24) is 19.7 Å². The average Bonchev–Trinajstić information content (AvgIpc) is 3.39. The third-order valence-corrected chi connectivity index (χ3v) is 5.22. The number of nitrogens with two attached hydrogens (primary N) is 1. The van der Waals surface area contributed by atoms with Crippen LogP contribution in [-0.2, 0) is 16.6 Å². The van der Waals surface area contributed by atoms with Gasteiger partial charge < -0.3 is 20.1 Å². The van der Waals surface area contributed by atoms with E-state index < -0.39 is 12.3 Å². The van der Waals surface area contributed by atoms with Crippen molar-refractivity contribution >= 4 is 28.6 Å². The van der Waals surface area contributed by atoms with Crippen LogP contribution in [0.1, 0.15) is 56.0 Å². The molecule has 0 aliphatic heterocycles. The number of nitrogens with one attached hydrogen (secondary N) is 1. The molecule has 4 rings (SSSR count). The second-order valence-electron chi connectivity index (χ2n) is 8.62. The first kappa shape index (κ1) is 17.9. The fraction of sp³-hybridized carbons (Fsp3) is 0.333. The second kappa shape index (κ2) is 8.11. The molecule has 8 heteroatoms. The quantitative estimate of drug-likeness (QED) is 0.469. The molecule has 3 aromatic heterocycles. The molecule has 0 bridgehead atoms. The molecule has 4 aromatic rings. The third kappa shape index (κ3) is 4.21. The maximum Gasteiger partial charge on any atom is 0.230 e. The Kier molecular flexibility index (Phi) is 4.55. The summed E-state index contributed by atoms with van der Waals surface area (Å²) in [6.07, 6.45) is 3.60. The molecule has 0 aliphatic carbocycles. The molecule has 0 fully saturated rings. The van der Waals surface area contributed by atoms with E-state index >= 15 is 0 Å². The number of amides is 1. The number of hydrogen-bond donors (Lipinski definition) is 2. The molecule has 3 heterocycles. The van der Waals surface area contributed by atoms with E-state index in [1.807, 2.05) is 30.5 Å². The van der Waals surface area contributed by atoms with Crippen LogP contribution in [0.15, 0.2) is 47.4 Å². The van der Waals surface area contributed by atoms with Gasteiger partial charge in [0, 0.05) is 33.4 Å². The lowest BCUT2D eigenvalue weighted by molar-refractivity contribution is -0.115. The molecule has 0 saturated heterocycles. The van der Waals surface area contributed by atoms with Gasteiger partial charge in [0.1, 0.15) is 23.6 Å². The highest BCUT2D eigenvalue weighted by atomic mass is 16.5. The summed E-state index contributed by atoms with van der Waals surface area (Å²) in [5.41, 5.74) is 8.38. The van der Waals surface area contributed by atoms with Crippen LogP contribution in [0.5, 0.6) is 0 Å². The minimum Gasteiger partial charge on any atom is -0.383 e. The fourth-order valence-corrected chi connectivity index (χ4v) is 3.52. The number of benzene rings is 1. The molecule has 0 unspecified atom stereocenters. The molecular formula is C24H28N6O2. The van der Waals surface area contributed by atoms with Crippen LogP contribution in [0.25, 0.3) is 22.2 Å². The van der Waals surface area contributed by atoms with Gasteiger partial charge in [-0.3, -0.25) is 4.79 Å². The molecule has 3 N–H and O–H groups in total. The predicted octanol–water partition coefficient (Wildman–Crippen LogP) is 4.73. The van der Waals surface area contributed by atoms with Crippen molar-refractivity contribution < 1.29 is 13.4 Å².